The molecule has 19 heavy (non-hydrogen) atoms. The van der Waals surface area contributed by atoms with Crippen LogP contribution < -0.4 is 0 Å². The molecule has 3 heteroatoms. The van der Waals surface area contributed by atoms with E-state index < -0.39 is 0 Å². The van der Waals surface area contributed by atoms with E-state index in [1.807, 2.05) is 12.1 Å². The van der Waals surface area contributed by atoms with Gasteiger partial charge in [0.2, 0.25) is 0 Å². The van der Waals surface area contributed by atoms with Crippen molar-refractivity contribution in [3.8, 4) is 12.8 Å². The van der Waals surface area contributed by atoms with Crippen molar-refractivity contribution in [2.24, 2.45) is 5.41 Å². The first-order chi connectivity index (χ1) is 8.90. The average Bonchev–Trinajstić information content (AvgIpc) is 3.00. The van der Waals surface area contributed by atoms with Crippen molar-refractivity contribution in [1.29, 1.82) is 0 Å². The van der Waals surface area contributed by atoms with Crippen LogP contribution in [0.5, 0.6) is 0 Å². The molecule has 0 radical (unpaired) electrons. The van der Waals surface area contributed by atoms with Gasteiger partial charge in [0.1, 0.15) is 0 Å². The van der Waals surface area contributed by atoms with Gasteiger partial charge in [-0.25, -0.2) is 0 Å². The van der Waals surface area contributed by atoms with E-state index in [0.717, 1.165) is 10.0 Å². The number of hydrogen-bond acceptors (Lipinski definition) is 0. The average molecular weight is 318 g/mol. The molecule has 0 aromatic heterocycles. The Morgan fingerprint density at radius 3 is 1.89 bits per heavy atom. The van der Waals surface area contributed by atoms with Crippen molar-refractivity contribution in [1.82, 2.24) is 0 Å². The molecule has 1 aromatic rings. The third-order valence-corrected chi connectivity index (χ3v) is 3.56. The minimum Gasteiger partial charge on any atom is -0.124 e. The van der Waals surface area contributed by atoms with Gasteiger partial charge < -0.3 is 0 Å². The Balaban J connectivity index is 0.000000467. The molecule has 0 aliphatic heterocycles. The predicted molar refractivity (Wildman–Crippen MR) is 88.4 cm³/mol. The molecular weight excluding hydrogens is 299 g/mol. The second kappa shape index (κ2) is 8.54. The van der Waals surface area contributed by atoms with E-state index in [4.69, 9.17) is 34.8 Å². The maximum absolute atomic E-state index is 5.93. The van der Waals surface area contributed by atoms with Crippen molar-refractivity contribution >= 4 is 34.8 Å². The first-order valence-electron chi connectivity index (χ1n) is 5.87. The van der Waals surface area contributed by atoms with Crippen LogP contribution in [0.4, 0.5) is 0 Å². The summed E-state index contributed by atoms with van der Waals surface area (Å²) in [6, 6.07) is 5.82. The van der Waals surface area contributed by atoms with Crippen LogP contribution in [-0.4, -0.2) is 5.88 Å². The zero-order valence-electron chi connectivity index (χ0n) is 11.3. The highest BCUT2D eigenvalue weighted by molar-refractivity contribution is 6.34. The van der Waals surface area contributed by atoms with Gasteiger partial charge in [-0.2, -0.15) is 0 Å². The Kier molecular flexibility index (Phi) is 8.26. The number of rotatable bonds is 2. The van der Waals surface area contributed by atoms with E-state index in [-0.39, 0.29) is 0 Å². The lowest BCUT2D eigenvalue weighted by molar-refractivity contribution is 0.622. The lowest BCUT2D eigenvalue weighted by Gasteiger charge is -2.04. The van der Waals surface area contributed by atoms with Crippen LogP contribution in [-0.2, 0) is 0 Å². The molecule has 0 unspecified atom stereocenters. The van der Waals surface area contributed by atoms with E-state index in [9.17, 15) is 0 Å². The summed E-state index contributed by atoms with van der Waals surface area (Å²) in [7, 11) is 0. The number of alkyl halides is 1. The second-order valence-corrected chi connectivity index (χ2v) is 6.07. The molecule has 2 rings (SSSR count). The lowest BCUT2D eigenvalue weighted by atomic mass is 10.0. The van der Waals surface area contributed by atoms with Gasteiger partial charge in [-0.15, -0.1) is 31.0 Å². The van der Waals surface area contributed by atoms with Crippen LogP contribution in [0.1, 0.15) is 31.7 Å². The zero-order chi connectivity index (χ0) is 15.1. The van der Waals surface area contributed by atoms with Gasteiger partial charge in [0, 0.05) is 15.9 Å². The molecule has 0 nitrogen and oxygen atoms in total. The molecule has 0 N–H and O–H groups in total. The number of benzene rings is 1. The van der Waals surface area contributed by atoms with Crippen LogP contribution in [0.3, 0.4) is 0 Å². The summed E-state index contributed by atoms with van der Waals surface area (Å²) in [5.41, 5.74) is 1.72. The van der Waals surface area contributed by atoms with E-state index in [2.05, 4.69) is 33.3 Å². The maximum Gasteiger partial charge on any atom is 0.0423 e. The Bertz CT molecular complexity index is 413. The van der Waals surface area contributed by atoms with Crippen molar-refractivity contribution < 1.29 is 0 Å². The summed E-state index contributed by atoms with van der Waals surface area (Å²) in [5, 5.41) is 1.48. The molecule has 1 aliphatic rings. The molecule has 0 heterocycles. The highest BCUT2D eigenvalue weighted by atomic mass is 35.5. The minimum atomic E-state index is 0.439. The summed E-state index contributed by atoms with van der Waals surface area (Å²) in [4.78, 5) is 0. The molecular formula is C16H19Cl3. The number of halogens is 3. The molecule has 0 amide bonds. The van der Waals surface area contributed by atoms with E-state index in [1.54, 1.807) is 12.1 Å². The Morgan fingerprint density at radius 2 is 1.63 bits per heavy atom. The summed E-state index contributed by atoms with van der Waals surface area (Å²) in [6.07, 6.45) is 10.9. The van der Waals surface area contributed by atoms with Gasteiger partial charge >= 0.3 is 0 Å². The van der Waals surface area contributed by atoms with E-state index in [0.29, 0.717) is 17.2 Å². The van der Waals surface area contributed by atoms with Gasteiger partial charge in [0.05, 0.1) is 0 Å². The van der Waals surface area contributed by atoms with Crippen LogP contribution in [0, 0.1) is 18.3 Å². The van der Waals surface area contributed by atoms with Gasteiger partial charge in [-0.1, -0.05) is 43.1 Å². The Morgan fingerprint density at radius 1 is 1.26 bits per heavy atom. The molecule has 1 aromatic carbocycles. The van der Waals surface area contributed by atoms with Crippen molar-refractivity contribution in [3.63, 3.8) is 0 Å². The third kappa shape index (κ3) is 6.39. The number of terminal acetylenes is 1. The zero-order valence-corrected chi connectivity index (χ0v) is 13.6. The molecule has 1 saturated carbocycles. The summed E-state index contributed by atoms with van der Waals surface area (Å²) >= 11 is 16.9. The topological polar surface area (TPSA) is 0 Å². The van der Waals surface area contributed by atoms with E-state index in [1.165, 1.54) is 12.0 Å². The SMILES string of the molecule is C#C.C=CCCl.CC1(C)C[C@H]1c1cc(Cl)cc(Cl)c1. The van der Waals surface area contributed by atoms with E-state index >= 15 is 0 Å². The largest absolute Gasteiger partial charge is 0.124 e. The molecule has 1 atom stereocenters. The van der Waals surface area contributed by atoms with Crippen LogP contribution >= 0.6 is 34.8 Å². The lowest BCUT2D eigenvalue weighted by Crippen LogP contribution is -1.89. The first-order valence-corrected chi connectivity index (χ1v) is 7.16. The van der Waals surface area contributed by atoms with Crippen molar-refractivity contribution in [2.45, 2.75) is 26.2 Å². The van der Waals surface area contributed by atoms with Crippen molar-refractivity contribution in [3.05, 3.63) is 46.5 Å². The minimum absolute atomic E-state index is 0.439. The van der Waals surface area contributed by atoms with Gasteiger partial charge in [-0.3, -0.25) is 0 Å². The van der Waals surface area contributed by atoms with Gasteiger partial charge in [0.25, 0.3) is 0 Å². The Hall–Kier alpha value is -0.610. The van der Waals surface area contributed by atoms with Crippen LogP contribution in [0.25, 0.3) is 0 Å². The number of hydrogen-bond donors (Lipinski definition) is 0. The molecule has 1 aliphatic carbocycles. The molecule has 0 saturated heterocycles. The van der Waals surface area contributed by atoms with Gasteiger partial charge in [0.15, 0.2) is 0 Å². The maximum atomic E-state index is 5.93. The molecule has 0 spiro atoms. The fourth-order valence-electron chi connectivity index (χ4n) is 1.81. The standard InChI is InChI=1S/C11H12Cl2.C3H5Cl.C2H2/c1-11(2)6-10(11)7-3-8(12)5-9(13)4-7;1-2-3-4;1-2/h3-5,10H,6H2,1-2H3;2H,1,3H2;1-2H/t10-;;/m0../s1. The first kappa shape index (κ1) is 18.4. The fraction of sp³-hybridized carbons (Fsp3) is 0.375. The summed E-state index contributed by atoms with van der Waals surface area (Å²) in [6.45, 7) is 7.89. The molecule has 0 bridgehead atoms. The van der Waals surface area contributed by atoms with Crippen LogP contribution in [0.15, 0.2) is 30.9 Å². The Labute approximate surface area is 131 Å². The van der Waals surface area contributed by atoms with Crippen LogP contribution in [0.2, 0.25) is 10.0 Å². The van der Waals surface area contributed by atoms with Crippen molar-refractivity contribution in [2.75, 3.05) is 5.88 Å². The highest BCUT2D eigenvalue weighted by Crippen LogP contribution is 2.58. The van der Waals surface area contributed by atoms with Gasteiger partial charge in [-0.05, 0) is 41.5 Å². The highest BCUT2D eigenvalue weighted by Gasteiger charge is 2.46. The monoisotopic (exact) mass is 316 g/mol. The quantitative estimate of drug-likeness (QED) is 0.348. The second-order valence-electron chi connectivity index (χ2n) is 4.89. The number of allylic oxidation sites excluding steroid dienone is 1. The summed E-state index contributed by atoms with van der Waals surface area (Å²) < 4.78 is 0. The molecule has 1 fully saturated rings. The fourth-order valence-corrected chi connectivity index (χ4v) is 2.36. The molecule has 104 valence electrons. The predicted octanol–water partition coefficient (Wildman–Crippen LogP) is 6.17. The normalized spacial score (nSPS) is 18.2. The third-order valence-electron chi connectivity index (χ3n) is 2.91. The smallest absolute Gasteiger partial charge is 0.0423 e. The summed E-state index contributed by atoms with van der Waals surface area (Å²) in [5.74, 6) is 1.20.